The molecule has 1 aromatic carbocycles. The van der Waals surface area contributed by atoms with Crippen LogP contribution in [-0.4, -0.2) is 33.9 Å². The lowest BCUT2D eigenvalue weighted by Gasteiger charge is -2.27. The highest BCUT2D eigenvalue weighted by Gasteiger charge is 2.35. The largest absolute Gasteiger partial charge is 0.507 e. The number of ketones is 1. The molecule has 2 aromatic rings. The lowest BCUT2D eigenvalue weighted by molar-refractivity contribution is -0.135. The summed E-state index contributed by atoms with van der Waals surface area (Å²) in [5, 5.41) is 11.3. The summed E-state index contributed by atoms with van der Waals surface area (Å²) in [5.41, 5.74) is 1.59. The second-order valence-electron chi connectivity index (χ2n) is 8.56. The molecule has 0 saturated heterocycles. The van der Waals surface area contributed by atoms with Gasteiger partial charge in [-0.15, -0.1) is 0 Å². The maximum atomic E-state index is 13.2. The maximum Gasteiger partial charge on any atom is 0.342 e. The molecule has 7 heteroatoms. The van der Waals surface area contributed by atoms with Crippen LogP contribution in [0.4, 0.5) is 0 Å². The van der Waals surface area contributed by atoms with E-state index < -0.39 is 24.0 Å². The zero-order chi connectivity index (χ0) is 23.4. The number of phenols is 1. The topological polar surface area (TPSA) is 103 Å². The fourth-order valence-electron chi connectivity index (χ4n) is 4.39. The summed E-state index contributed by atoms with van der Waals surface area (Å²) in [5.74, 6) is -1.37. The van der Waals surface area contributed by atoms with E-state index in [1.807, 2.05) is 12.1 Å². The number of rotatable bonds is 1. The highest BCUT2D eigenvalue weighted by molar-refractivity contribution is 5.98. The molecule has 0 aliphatic carbocycles. The molecule has 0 amide bonds. The first-order valence-corrected chi connectivity index (χ1v) is 11.3. The number of aromatic hydroxyl groups is 1. The SMILES string of the molecule is C[C@@H]1CCCC(=O)CCC/C=C/c2cc3c(c(O)c2C(=O)O1)[C@@H](c1cccnc1)CC(=O)O3. The van der Waals surface area contributed by atoms with E-state index >= 15 is 0 Å². The first kappa shape index (κ1) is 22.7. The first-order chi connectivity index (χ1) is 15.9. The Morgan fingerprint density at radius 2 is 1.97 bits per heavy atom. The third-order valence-corrected chi connectivity index (χ3v) is 6.06. The minimum Gasteiger partial charge on any atom is -0.507 e. The number of hydrogen-bond acceptors (Lipinski definition) is 7. The van der Waals surface area contributed by atoms with Crippen LogP contribution in [0.2, 0.25) is 0 Å². The third kappa shape index (κ3) is 5.13. The molecule has 1 aromatic heterocycles. The van der Waals surface area contributed by atoms with Crippen molar-refractivity contribution in [3.05, 3.63) is 58.9 Å². The number of phenolic OH excluding ortho intramolecular Hbond substituents is 1. The zero-order valence-electron chi connectivity index (χ0n) is 18.6. The van der Waals surface area contributed by atoms with Crippen LogP contribution in [0, 0.1) is 0 Å². The monoisotopic (exact) mass is 449 g/mol. The predicted octanol–water partition coefficient (Wildman–Crippen LogP) is 4.71. The fraction of sp³-hybridized carbons (Fsp3) is 0.385. The van der Waals surface area contributed by atoms with Gasteiger partial charge in [-0.05, 0) is 55.9 Å². The number of carbonyl (C=O) groups excluding carboxylic acids is 3. The number of allylic oxidation sites excluding steroid dienone is 1. The second kappa shape index (κ2) is 9.98. The molecule has 7 nitrogen and oxygen atoms in total. The Kier molecular flexibility index (Phi) is 6.87. The molecule has 33 heavy (non-hydrogen) atoms. The van der Waals surface area contributed by atoms with Gasteiger partial charge in [-0.25, -0.2) is 4.79 Å². The quantitative estimate of drug-likeness (QED) is 0.497. The van der Waals surface area contributed by atoms with Crippen LogP contribution in [0.3, 0.4) is 0 Å². The molecule has 0 fully saturated rings. The first-order valence-electron chi connectivity index (χ1n) is 11.3. The number of carbonyl (C=O) groups is 3. The van der Waals surface area contributed by atoms with Crippen LogP contribution in [0.1, 0.15) is 84.8 Å². The van der Waals surface area contributed by atoms with Gasteiger partial charge in [0.1, 0.15) is 22.8 Å². The Morgan fingerprint density at radius 1 is 1.15 bits per heavy atom. The lowest BCUT2D eigenvalue weighted by atomic mass is 9.84. The highest BCUT2D eigenvalue weighted by Crippen LogP contribution is 2.47. The van der Waals surface area contributed by atoms with Crippen molar-refractivity contribution in [3.8, 4) is 11.5 Å². The number of fused-ring (bicyclic) bond motifs is 2. The average molecular weight is 450 g/mol. The predicted molar refractivity (Wildman–Crippen MR) is 121 cm³/mol. The molecule has 3 heterocycles. The van der Waals surface area contributed by atoms with E-state index in [1.54, 1.807) is 37.5 Å². The van der Waals surface area contributed by atoms with Crippen molar-refractivity contribution < 1.29 is 29.0 Å². The van der Waals surface area contributed by atoms with Crippen LogP contribution >= 0.6 is 0 Å². The molecule has 0 saturated carbocycles. The van der Waals surface area contributed by atoms with Gasteiger partial charge in [0.25, 0.3) is 0 Å². The maximum absolute atomic E-state index is 13.2. The molecule has 2 atom stereocenters. The Morgan fingerprint density at radius 3 is 2.76 bits per heavy atom. The van der Waals surface area contributed by atoms with E-state index in [-0.39, 0.29) is 29.3 Å². The summed E-state index contributed by atoms with van der Waals surface area (Å²) in [6.07, 6.45) is 9.98. The zero-order valence-corrected chi connectivity index (χ0v) is 18.6. The Balaban J connectivity index is 1.80. The summed E-state index contributed by atoms with van der Waals surface area (Å²) < 4.78 is 11.1. The van der Waals surface area contributed by atoms with Crippen LogP contribution in [0.25, 0.3) is 6.08 Å². The minimum atomic E-state index is -0.646. The van der Waals surface area contributed by atoms with Crippen molar-refractivity contribution in [1.82, 2.24) is 4.98 Å². The van der Waals surface area contributed by atoms with Gasteiger partial charge < -0.3 is 14.6 Å². The molecule has 0 radical (unpaired) electrons. The van der Waals surface area contributed by atoms with Crippen LogP contribution in [0.15, 0.2) is 36.7 Å². The van der Waals surface area contributed by atoms with Crippen molar-refractivity contribution >= 4 is 23.8 Å². The Labute approximate surface area is 192 Å². The van der Waals surface area contributed by atoms with Crippen molar-refractivity contribution in [3.63, 3.8) is 0 Å². The molecule has 0 bridgehead atoms. The number of aromatic nitrogens is 1. The Bertz CT molecular complexity index is 1090. The minimum absolute atomic E-state index is 0.0281. The number of cyclic esters (lactones) is 1. The van der Waals surface area contributed by atoms with Gasteiger partial charge in [0.05, 0.1) is 12.5 Å². The van der Waals surface area contributed by atoms with Crippen molar-refractivity contribution in [1.29, 1.82) is 0 Å². The normalized spacial score (nSPS) is 22.9. The summed E-state index contributed by atoms with van der Waals surface area (Å²) >= 11 is 0. The van der Waals surface area contributed by atoms with Gasteiger partial charge in [0.15, 0.2) is 0 Å². The van der Waals surface area contributed by atoms with Crippen molar-refractivity contribution in [2.45, 2.75) is 63.9 Å². The van der Waals surface area contributed by atoms with Crippen LogP contribution in [-0.2, 0) is 14.3 Å². The van der Waals surface area contributed by atoms with E-state index in [0.717, 1.165) is 5.56 Å². The molecular weight excluding hydrogens is 422 g/mol. The number of benzene rings is 1. The summed E-state index contributed by atoms with van der Waals surface area (Å²) in [6, 6.07) is 5.19. The van der Waals surface area contributed by atoms with Crippen LogP contribution < -0.4 is 4.74 Å². The number of esters is 2. The van der Waals surface area contributed by atoms with Gasteiger partial charge in [0, 0.05) is 36.7 Å². The average Bonchev–Trinajstić information content (AvgIpc) is 2.78. The molecule has 2 aliphatic rings. The summed E-state index contributed by atoms with van der Waals surface area (Å²) in [6.45, 7) is 1.78. The Hall–Kier alpha value is -3.48. The molecule has 0 spiro atoms. The number of ether oxygens (including phenoxy) is 2. The van der Waals surface area contributed by atoms with Crippen LogP contribution in [0.5, 0.6) is 11.5 Å². The molecule has 4 rings (SSSR count). The van der Waals surface area contributed by atoms with Gasteiger partial charge in [-0.3, -0.25) is 14.6 Å². The molecule has 2 aliphatic heterocycles. The summed E-state index contributed by atoms with van der Waals surface area (Å²) in [7, 11) is 0. The molecule has 1 N–H and O–H groups in total. The molecule has 0 unspecified atom stereocenters. The van der Waals surface area contributed by atoms with Crippen molar-refractivity contribution in [2.75, 3.05) is 0 Å². The highest BCUT2D eigenvalue weighted by atomic mass is 16.5. The van der Waals surface area contributed by atoms with Gasteiger partial charge in [-0.2, -0.15) is 0 Å². The van der Waals surface area contributed by atoms with Crippen molar-refractivity contribution in [2.24, 2.45) is 0 Å². The van der Waals surface area contributed by atoms with E-state index in [1.165, 1.54) is 0 Å². The second-order valence-corrected chi connectivity index (χ2v) is 8.56. The molecular formula is C26H27NO6. The fourth-order valence-corrected chi connectivity index (χ4v) is 4.39. The number of pyridine rings is 1. The van der Waals surface area contributed by atoms with E-state index in [9.17, 15) is 19.5 Å². The van der Waals surface area contributed by atoms with E-state index in [2.05, 4.69) is 4.98 Å². The van der Waals surface area contributed by atoms with Gasteiger partial charge in [-0.1, -0.05) is 18.2 Å². The van der Waals surface area contributed by atoms with E-state index in [0.29, 0.717) is 49.7 Å². The third-order valence-electron chi connectivity index (χ3n) is 6.06. The standard InChI is InChI=1S/C26H27NO6/c1-16-7-5-11-19(28)10-4-2-3-8-17-13-21-24(25(30)23(17)26(31)32-16)20(14-22(29)33-21)18-9-6-12-27-15-18/h3,6,8-9,12-13,15-16,20,30H,2,4-5,7,10-11,14H2,1H3/b8-3+/t16-,20-/m1/s1. The van der Waals surface area contributed by atoms with E-state index in [4.69, 9.17) is 9.47 Å². The number of nitrogens with zero attached hydrogens (tertiary/aromatic N) is 1. The smallest absolute Gasteiger partial charge is 0.342 e. The number of hydrogen-bond donors (Lipinski definition) is 1. The van der Waals surface area contributed by atoms with Gasteiger partial charge >= 0.3 is 11.9 Å². The number of Topliss-reactive ketones (excluding diaryl/α,β-unsaturated/α-hetero) is 1. The molecule has 172 valence electrons. The van der Waals surface area contributed by atoms with Gasteiger partial charge in [0.2, 0.25) is 0 Å². The summed E-state index contributed by atoms with van der Waals surface area (Å²) in [4.78, 5) is 41.6. The lowest BCUT2D eigenvalue weighted by Crippen LogP contribution is -2.23.